The van der Waals surface area contributed by atoms with Crippen molar-refractivity contribution in [2.75, 3.05) is 19.0 Å². The van der Waals surface area contributed by atoms with Crippen LogP contribution in [0.2, 0.25) is 10.0 Å². The normalized spacial score (nSPS) is 11.5. The van der Waals surface area contributed by atoms with Crippen LogP contribution in [0.1, 0.15) is 12.0 Å². The Morgan fingerprint density at radius 1 is 0.968 bits per heavy atom. The van der Waals surface area contributed by atoms with Crippen LogP contribution >= 0.6 is 23.2 Å². The lowest BCUT2D eigenvalue weighted by Gasteiger charge is -2.11. The van der Waals surface area contributed by atoms with E-state index in [9.17, 15) is 4.79 Å². The van der Waals surface area contributed by atoms with Crippen LogP contribution in [0.5, 0.6) is 0 Å². The zero-order chi connectivity index (χ0) is 22.0. The third-order valence-electron chi connectivity index (χ3n) is 5.16. The average Bonchev–Trinajstić information content (AvgIpc) is 3.04. The number of fused-ring (bicyclic) bond motifs is 3. The fourth-order valence-electron chi connectivity index (χ4n) is 3.60. The molecule has 3 aromatic carbocycles. The number of hydrogen-bond donors (Lipinski definition) is 1. The van der Waals surface area contributed by atoms with Crippen LogP contribution in [0.25, 0.3) is 21.8 Å². The molecule has 7 heteroatoms. The highest BCUT2D eigenvalue weighted by Crippen LogP contribution is 2.33. The van der Waals surface area contributed by atoms with Crippen LogP contribution in [-0.4, -0.2) is 30.8 Å². The molecule has 0 bridgehead atoms. The van der Waals surface area contributed by atoms with Gasteiger partial charge in [0, 0.05) is 64.6 Å². The second kappa shape index (κ2) is 9.00. The molecule has 1 N–H and O–H groups in total. The number of hydrazone groups is 1. The third-order valence-corrected chi connectivity index (χ3v) is 5.63. The van der Waals surface area contributed by atoms with Crippen molar-refractivity contribution in [2.45, 2.75) is 13.0 Å². The van der Waals surface area contributed by atoms with Crippen molar-refractivity contribution < 1.29 is 4.79 Å². The zero-order valence-electron chi connectivity index (χ0n) is 17.3. The molecule has 0 unspecified atom stereocenters. The minimum atomic E-state index is -0.154. The monoisotopic (exact) mass is 452 g/mol. The van der Waals surface area contributed by atoms with Gasteiger partial charge >= 0.3 is 0 Å². The van der Waals surface area contributed by atoms with Crippen LogP contribution in [0, 0.1) is 0 Å². The number of aryl methyl sites for hydroxylation is 1. The third kappa shape index (κ3) is 4.68. The summed E-state index contributed by atoms with van der Waals surface area (Å²) in [6, 6.07) is 19.4. The van der Waals surface area contributed by atoms with Gasteiger partial charge in [-0.2, -0.15) is 5.10 Å². The molecule has 4 aromatic rings. The van der Waals surface area contributed by atoms with Gasteiger partial charge in [-0.05, 0) is 54.1 Å². The molecule has 1 aromatic heterocycles. The zero-order valence-corrected chi connectivity index (χ0v) is 18.8. The summed E-state index contributed by atoms with van der Waals surface area (Å²) in [4.78, 5) is 14.4. The number of carbonyl (C=O) groups is 1. The summed E-state index contributed by atoms with van der Waals surface area (Å²) in [5.74, 6) is -0.154. The maximum Gasteiger partial charge on any atom is 0.241 e. The maximum absolute atomic E-state index is 12.4. The standard InChI is InChI=1S/C24H22Cl2N4O/c1-29(2)19-7-3-16(4-8-19)15-27-28-24(31)11-12-30-22-9-5-17(25)13-20(22)21-14-18(26)6-10-23(21)30/h3-10,13-15H,11-12H2,1-2H3,(H,28,31). The second-order valence-electron chi connectivity index (χ2n) is 7.50. The van der Waals surface area contributed by atoms with Gasteiger partial charge < -0.3 is 9.47 Å². The van der Waals surface area contributed by atoms with Crippen molar-refractivity contribution >= 4 is 62.8 Å². The molecule has 0 spiro atoms. The Bertz CT molecular complexity index is 1220. The molecule has 5 nitrogen and oxygen atoms in total. The molecule has 0 aliphatic carbocycles. The molecule has 0 radical (unpaired) electrons. The van der Waals surface area contributed by atoms with Gasteiger partial charge in [0.25, 0.3) is 0 Å². The molecule has 0 aliphatic heterocycles. The van der Waals surface area contributed by atoms with Crippen molar-refractivity contribution in [2.24, 2.45) is 5.10 Å². The first kappa shape index (κ1) is 21.2. The molecular weight excluding hydrogens is 431 g/mol. The quantitative estimate of drug-likeness (QED) is 0.301. The molecule has 0 aliphatic rings. The maximum atomic E-state index is 12.4. The summed E-state index contributed by atoms with van der Waals surface area (Å²) >= 11 is 12.4. The first-order chi connectivity index (χ1) is 14.9. The predicted octanol–water partition coefficient (Wildman–Crippen LogP) is 5.71. The number of halogens is 2. The average molecular weight is 453 g/mol. The van der Waals surface area contributed by atoms with Crippen molar-refractivity contribution in [1.82, 2.24) is 9.99 Å². The van der Waals surface area contributed by atoms with E-state index in [4.69, 9.17) is 23.2 Å². The minimum absolute atomic E-state index is 0.154. The Hall–Kier alpha value is -3.02. The summed E-state index contributed by atoms with van der Waals surface area (Å²) in [6.45, 7) is 0.516. The molecule has 158 valence electrons. The molecule has 0 atom stereocenters. The van der Waals surface area contributed by atoms with Gasteiger partial charge in [0.05, 0.1) is 6.21 Å². The minimum Gasteiger partial charge on any atom is -0.378 e. The first-order valence-corrected chi connectivity index (χ1v) is 10.6. The topological polar surface area (TPSA) is 49.6 Å². The number of aromatic nitrogens is 1. The van der Waals surface area contributed by atoms with E-state index in [-0.39, 0.29) is 5.91 Å². The first-order valence-electron chi connectivity index (χ1n) is 9.89. The van der Waals surface area contributed by atoms with Crippen molar-refractivity contribution in [3.05, 3.63) is 76.3 Å². The highest BCUT2D eigenvalue weighted by Gasteiger charge is 2.12. The van der Waals surface area contributed by atoms with Crippen molar-refractivity contribution in [3.63, 3.8) is 0 Å². The molecule has 1 amide bonds. The second-order valence-corrected chi connectivity index (χ2v) is 8.38. The Morgan fingerprint density at radius 2 is 1.55 bits per heavy atom. The molecule has 4 rings (SSSR count). The van der Waals surface area contributed by atoms with Gasteiger partial charge in [-0.3, -0.25) is 4.79 Å². The van der Waals surface area contributed by atoms with E-state index in [2.05, 4.69) is 15.1 Å². The number of benzene rings is 3. The molecule has 0 saturated carbocycles. The molecule has 31 heavy (non-hydrogen) atoms. The van der Waals surface area contributed by atoms with Crippen LogP contribution in [0.15, 0.2) is 65.8 Å². The van der Waals surface area contributed by atoms with E-state index in [0.29, 0.717) is 23.0 Å². The van der Waals surface area contributed by atoms with Crippen LogP contribution < -0.4 is 10.3 Å². The summed E-state index contributed by atoms with van der Waals surface area (Å²) in [6.07, 6.45) is 1.93. The van der Waals surface area contributed by atoms with Crippen LogP contribution in [0.4, 0.5) is 5.69 Å². The highest BCUT2D eigenvalue weighted by molar-refractivity contribution is 6.33. The number of rotatable bonds is 6. The lowest BCUT2D eigenvalue weighted by atomic mass is 10.1. The summed E-state index contributed by atoms with van der Waals surface area (Å²) in [7, 11) is 3.98. The van der Waals surface area contributed by atoms with Crippen LogP contribution in [-0.2, 0) is 11.3 Å². The summed E-state index contributed by atoms with van der Waals surface area (Å²) in [5, 5.41) is 7.45. The van der Waals surface area contributed by atoms with E-state index >= 15 is 0 Å². The smallest absolute Gasteiger partial charge is 0.241 e. The Morgan fingerprint density at radius 3 is 2.10 bits per heavy atom. The number of carbonyl (C=O) groups excluding carboxylic acids is 1. The van der Waals surface area contributed by atoms with Gasteiger partial charge in [-0.15, -0.1) is 0 Å². The predicted molar refractivity (Wildman–Crippen MR) is 131 cm³/mol. The summed E-state index contributed by atoms with van der Waals surface area (Å²) in [5.41, 5.74) is 6.66. The van der Waals surface area contributed by atoms with Crippen molar-refractivity contribution in [3.8, 4) is 0 Å². The fraction of sp³-hybridized carbons (Fsp3) is 0.167. The van der Waals surface area contributed by atoms with Crippen molar-refractivity contribution in [1.29, 1.82) is 0 Å². The van der Waals surface area contributed by atoms with E-state index in [0.717, 1.165) is 33.1 Å². The van der Waals surface area contributed by atoms with Gasteiger partial charge in [-0.1, -0.05) is 35.3 Å². The Balaban J connectivity index is 1.46. The largest absolute Gasteiger partial charge is 0.378 e. The Labute approximate surface area is 190 Å². The fourth-order valence-corrected chi connectivity index (χ4v) is 3.94. The Kier molecular flexibility index (Phi) is 6.16. The number of nitrogens with zero attached hydrogens (tertiary/aromatic N) is 3. The van der Waals surface area contributed by atoms with E-state index < -0.39 is 0 Å². The highest BCUT2D eigenvalue weighted by atomic mass is 35.5. The number of hydrogen-bond acceptors (Lipinski definition) is 3. The number of nitrogens with one attached hydrogen (secondary N) is 1. The molecule has 0 saturated heterocycles. The van der Waals surface area contributed by atoms with E-state index in [1.165, 1.54) is 0 Å². The molecular formula is C24H22Cl2N4O. The van der Waals surface area contributed by atoms with Crippen LogP contribution in [0.3, 0.4) is 0 Å². The number of anilines is 1. The lowest BCUT2D eigenvalue weighted by Crippen LogP contribution is -2.19. The number of amides is 1. The van der Waals surface area contributed by atoms with Gasteiger partial charge in [0.2, 0.25) is 5.91 Å². The SMILES string of the molecule is CN(C)c1ccc(C=NNC(=O)CCn2c3ccc(Cl)cc3c3cc(Cl)ccc32)cc1. The van der Waals surface area contributed by atoms with Gasteiger partial charge in [0.15, 0.2) is 0 Å². The van der Waals surface area contributed by atoms with Gasteiger partial charge in [0.1, 0.15) is 0 Å². The van der Waals surface area contributed by atoms with Gasteiger partial charge in [-0.25, -0.2) is 5.43 Å². The lowest BCUT2D eigenvalue weighted by molar-refractivity contribution is -0.121. The summed E-state index contributed by atoms with van der Waals surface area (Å²) < 4.78 is 2.11. The molecule has 0 fully saturated rings. The molecule has 1 heterocycles. The van der Waals surface area contributed by atoms with E-state index in [1.54, 1.807) is 6.21 Å². The van der Waals surface area contributed by atoms with E-state index in [1.807, 2.05) is 79.7 Å².